The molecule has 3 rings (SSSR count). The Balaban J connectivity index is 1.62. The predicted molar refractivity (Wildman–Crippen MR) is 113 cm³/mol. The molecule has 0 aliphatic carbocycles. The summed E-state index contributed by atoms with van der Waals surface area (Å²) < 4.78 is 15.8. The van der Waals surface area contributed by atoms with Crippen LogP contribution in [0.25, 0.3) is 0 Å². The molecule has 0 spiro atoms. The number of esters is 1. The van der Waals surface area contributed by atoms with Crippen LogP contribution < -0.4 is 20.1 Å². The first-order valence-electron chi connectivity index (χ1n) is 9.92. The number of ether oxygens (including phenoxy) is 3. The van der Waals surface area contributed by atoms with Gasteiger partial charge in [0.05, 0.1) is 17.9 Å². The van der Waals surface area contributed by atoms with Gasteiger partial charge in [-0.2, -0.15) is 5.26 Å². The molecule has 8 nitrogen and oxygen atoms in total. The highest BCUT2D eigenvalue weighted by atomic mass is 16.7. The molecule has 8 heteroatoms. The van der Waals surface area contributed by atoms with E-state index in [4.69, 9.17) is 14.2 Å². The van der Waals surface area contributed by atoms with Crippen LogP contribution in [0.4, 0.5) is 5.69 Å². The Morgan fingerprint density at radius 3 is 2.81 bits per heavy atom. The Kier molecular flexibility index (Phi) is 7.49. The number of benzene rings is 2. The monoisotopic (exact) mass is 421 g/mol. The summed E-state index contributed by atoms with van der Waals surface area (Å²) in [5, 5.41) is 14.9. The lowest BCUT2D eigenvalue weighted by molar-refractivity contribution is -0.112. The summed E-state index contributed by atoms with van der Waals surface area (Å²) in [6, 6.07) is 13.9. The smallest absolute Gasteiger partial charge is 0.340 e. The van der Waals surface area contributed by atoms with Crippen molar-refractivity contribution in [1.82, 2.24) is 5.32 Å². The van der Waals surface area contributed by atoms with Crippen molar-refractivity contribution in [3.8, 4) is 17.6 Å². The second-order valence-electron chi connectivity index (χ2n) is 6.73. The molecule has 2 aromatic rings. The number of nitriles is 1. The van der Waals surface area contributed by atoms with Gasteiger partial charge in [-0.3, -0.25) is 4.79 Å². The average molecular weight is 421 g/mol. The summed E-state index contributed by atoms with van der Waals surface area (Å²) in [5.74, 6) is 0.189. The largest absolute Gasteiger partial charge is 0.462 e. The number of hydrogen-bond donors (Lipinski definition) is 2. The molecule has 1 aliphatic rings. The highest BCUT2D eigenvalue weighted by Crippen LogP contribution is 2.32. The number of amides is 1. The van der Waals surface area contributed by atoms with Crippen molar-refractivity contribution < 1.29 is 23.8 Å². The standard InChI is InChI=1S/C23H23N3O5/c1-2-3-10-29-23(28)18-6-4-5-7-19(18)26-22(27)17(12-24)14-25-13-16-8-9-20-21(11-16)31-15-30-20/h4-9,11,14,25H,2-3,10,13,15H2,1H3,(H,26,27)/b17-14-. The van der Waals surface area contributed by atoms with Crippen molar-refractivity contribution in [1.29, 1.82) is 5.26 Å². The minimum Gasteiger partial charge on any atom is -0.462 e. The number of nitrogens with one attached hydrogen (secondary N) is 2. The number of anilines is 1. The fourth-order valence-corrected chi connectivity index (χ4v) is 2.82. The summed E-state index contributed by atoms with van der Waals surface area (Å²) in [7, 11) is 0. The van der Waals surface area contributed by atoms with Crippen LogP contribution in [0.2, 0.25) is 0 Å². The van der Waals surface area contributed by atoms with Gasteiger partial charge in [-0.1, -0.05) is 31.5 Å². The number of hydrogen-bond acceptors (Lipinski definition) is 7. The molecule has 0 unspecified atom stereocenters. The molecular formula is C23H23N3O5. The van der Waals surface area contributed by atoms with Gasteiger partial charge in [-0.05, 0) is 36.2 Å². The Labute approximate surface area is 180 Å². The van der Waals surface area contributed by atoms with Gasteiger partial charge in [0.1, 0.15) is 11.6 Å². The van der Waals surface area contributed by atoms with Crippen LogP contribution >= 0.6 is 0 Å². The molecular weight excluding hydrogens is 398 g/mol. The minimum absolute atomic E-state index is 0.130. The minimum atomic E-state index is -0.630. The maximum Gasteiger partial charge on any atom is 0.340 e. The van der Waals surface area contributed by atoms with Crippen LogP contribution in [0.15, 0.2) is 54.2 Å². The molecule has 1 aliphatic heterocycles. The topological polar surface area (TPSA) is 110 Å². The third-order valence-electron chi connectivity index (χ3n) is 4.48. The van der Waals surface area contributed by atoms with Gasteiger partial charge in [0.15, 0.2) is 11.5 Å². The van der Waals surface area contributed by atoms with Crippen molar-refractivity contribution in [2.45, 2.75) is 26.3 Å². The summed E-state index contributed by atoms with van der Waals surface area (Å²) in [6.07, 6.45) is 3.00. The first kappa shape index (κ1) is 21.7. The Hall–Kier alpha value is -3.99. The molecule has 1 heterocycles. The fraction of sp³-hybridized carbons (Fsp3) is 0.261. The lowest BCUT2D eigenvalue weighted by Crippen LogP contribution is -2.19. The number of unbranched alkanes of at least 4 members (excludes halogenated alkanes) is 1. The highest BCUT2D eigenvalue weighted by molar-refractivity contribution is 6.09. The zero-order valence-corrected chi connectivity index (χ0v) is 17.1. The summed E-state index contributed by atoms with van der Waals surface area (Å²) in [5.41, 5.74) is 1.29. The van der Waals surface area contributed by atoms with Crippen LogP contribution in [-0.4, -0.2) is 25.3 Å². The van der Waals surface area contributed by atoms with E-state index in [1.54, 1.807) is 30.3 Å². The third-order valence-corrected chi connectivity index (χ3v) is 4.48. The first-order chi connectivity index (χ1) is 15.1. The normalized spacial score (nSPS) is 12.1. The van der Waals surface area contributed by atoms with Gasteiger partial charge in [-0.25, -0.2) is 4.79 Å². The number of nitrogens with zero attached hydrogens (tertiary/aromatic N) is 1. The summed E-state index contributed by atoms with van der Waals surface area (Å²) >= 11 is 0. The van der Waals surface area contributed by atoms with E-state index in [0.717, 1.165) is 18.4 Å². The van der Waals surface area contributed by atoms with Gasteiger partial charge in [0.25, 0.3) is 5.91 Å². The molecule has 2 aromatic carbocycles. The number of fused-ring (bicyclic) bond motifs is 1. The second-order valence-corrected chi connectivity index (χ2v) is 6.73. The molecule has 160 valence electrons. The van der Waals surface area contributed by atoms with Crippen molar-refractivity contribution in [2.24, 2.45) is 0 Å². The van der Waals surface area contributed by atoms with E-state index < -0.39 is 11.9 Å². The SMILES string of the molecule is CCCCOC(=O)c1ccccc1NC(=O)/C(C#N)=C\NCc1ccc2c(c1)OCO2. The van der Waals surface area contributed by atoms with Gasteiger partial charge >= 0.3 is 5.97 Å². The van der Waals surface area contributed by atoms with Crippen LogP contribution in [0.1, 0.15) is 35.7 Å². The van der Waals surface area contributed by atoms with Crippen molar-refractivity contribution in [3.63, 3.8) is 0 Å². The molecule has 31 heavy (non-hydrogen) atoms. The Bertz CT molecular complexity index is 1030. The van der Waals surface area contributed by atoms with E-state index >= 15 is 0 Å². The van der Waals surface area contributed by atoms with Crippen molar-refractivity contribution in [3.05, 3.63) is 65.4 Å². The van der Waals surface area contributed by atoms with E-state index in [-0.39, 0.29) is 23.6 Å². The van der Waals surface area contributed by atoms with Gasteiger partial charge < -0.3 is 24.8 Å². The number of carbonyl (C=O) groups is 2. The number of carbonyl (C=O) groups excluding carboxylic acids is 2. The van der Waals surface area contributed by atoms with Gasteiger partial charge in [0, 0.05) is 12.7 Å². The molecule has 0 fully saturated rings. The number of rotatable bonds is 9. The first-order valence-corrected chi connectivity index (χ1v) is 9.92. The molecule has 0 atom stereocenters. The maximum absolute atomic E-state index is 12.5. The van der Waals surface area contributed by atoms with Crippen LogP contribution in [0.3, 0.4) is 0 Å². The molecule has 0 radical (unpaired) electrons. The predicted octanol–water partition coefficient (Wildman–Crippen LogP) is 3.51. The molecule has 0 bridgehead atoms. The van der Waals surface area contributed by atoms with E-state index in [0.29, 0.717) is 24.7 Å². The van der Waals surface area contributed by atoms with Crippen molar-refractivity contribution >= 4 is 17.6 Å². The molecule has 2 N–H and O–H groups in total. The van der Waals surface area contributed by atoms with E-state index in [1.807, 2.05) is 25.1 Å². The Morgan fingerprint density at radius 1 is 1.19 bits per heavy atom. The summed E-state index contributed by atoms with van der Waals surface area (Å²) in [6.45, 7) is 2.89. The van der Waals surface area contributed by atoms with E-state index in [9.17, 15) is 14.9 Å². The van der Waals surface area contributed by atoms with Gasteiger partial charge in [0.2, 0.25) is 6.79 Å². The molecule has 0 aromatic heterocycles. The summed E-state index contributed by atoms with van der Waals surface area (Å²) in [4.78, 5) is 24.8. The fourth-order valence-electron chi connectivity index (χ4n) is 2.82. The second kappa shape index (κ2) is 10.7. The van der Waals surface area contributed by atoms with E-state index in [2.05, 4.69) is 10.6 Å². The van der Waals surface area contributed by atoms with Gasteiger partial charge in [-0.15, -0.1) is 0 Å². The zero-order chi connectivity index (χ0) is 22.1. The lowest BCUT2D eigenvalue weighted by atomic mass is 10.1. The van der Waals surface area contributed by atoms with Crippen molar-refractivity contribution in [2.75, 3.05) is 18.7 Å². The third kappa shape index (κ3) is 5.76. The Morgan fingerprint density at radius 2 is 2.00 bits per heavy atom. The molecule has 0 saturated heterocycles. The maximum atomic E-state index is 12.5. The zero-order valence-electron chi connectivity index (χ0n) is 17.1. The quantitative estimate of drug-likeness (QED) is 0.276. The average Bonchev–Trinajstić information content (AvgIpc) is 3.25. The van der Waals surface area contributed by atoms with E-state index in [1.165, 1.54) is 6.20 Å². The van der Waals surface area contributed by atoms with Crippen LogP contribution in [0.5, 0.6) is 11.5 Å². The highest BCUT2D eigenvalue weighted by Gasteiger charge is 2.17. The molecule has 0 saturated carbocycles. The lowest BCUT2D eigenvalue weighted by Gasteiger charge is -2.10. The molecule has 1 amide bonds. The van der Waals surface area contributed by atoms with Crippen LogP contribution in [0, 0.1) is 11.3 Å². The van der Waals surface area contributed by atoms with Crippen LogP contribution in [-0.2, 0) is 16.1 Å². The number of para-hydroxylation sites is 1.